The van der Waals surface area contributed by atoms with Gasteiger partial charge in [0, 0.05) is 25.0 Å². The van der Waals surface area contributed by atoms with Gasteiger partial charge in [-0.2, -0.15) is 13.2 Å². The Kier molecular flexibility index (Phi) is 6.25. The monoisotopic (exact) mass is 432 g/mol. The Hall–Kier alpha value is -2.04. The van der Waals surface area contributed by atoms with Gasteiger partial charge in [-0.05, 0) is 49.1 Å². The molecule has 2 aliphatic rings. The normalized spacial score (nSPS) is 19.0. The van der Waals surface area contributed by atoms with Crippen molar-refractivity contribution in [2.45, 2.75) is 30.0 Å². The maximum absolute atomic E-state index is 12.8. The molecular weight excluding hydrogens is 409 g/mol. The minimum absolute atomic E-state index is 0.116. The highest BCUT2D eigenvalue weighted by Crippen LogP contribution is 2.31. The number of hydrogen-bond acceptors (Lipinski definition) is 6. The third-order valence-corrected chi connectivity index (χ3v) is 6.37. The van der Waals surface area contributed by atoms with Crippen LogP contribution in [0, 0.1) is 5.92 Å². The third kappa shape index (κ3) is 5.74. The minimum atomic E-state index is -4.55. The van der Waals surface area contributed by atoms with E-state index in [1.165, 1.54) is 12.3 Å². The molecule has 1 aliphatic carbocycles. The number of benzene rings is 1. The number of nitrogens with two attached hydrogens (primary N) is 1. The summed E-state index contributed by atoms with van der Waals surface area (Å²) in [5.74, 6) is 0.566. The molecule has 1 aliphatic heterocycles. The number of ether oxygens (including phenoxy) is 1. The molecule has 1 unspecified atom stereocenters. The number of halogens is 3. The van der Waals surface area contributed by atoms with Crippen LogP contribution in [0.5, 0.6) is 0 Å². The Morgan fingerprint density at radius 1 is 1.24 bits per heavy atom. The van der Waals surface area contributed by atoms with Gasteiger partial charge in [-0.3, -0.25) is 0 Å². The summed E-state index contributed by atoms with van der Waals surface area (Å²) in [6.07, 6.45) is -0.487. The van der Waals surface area contributed by atoms with Crippen molar-refractivity contribution in [3.05, 3.63) is 52.7 Å². The Morgan fingerprint density at radius 3 is 2.48 bits per heavy atom. The summed E-state index contributed by atoms with van der Waals surface area (Å²) in [7, 11) is -4.06. The van der Waals surface area contributed by atoms with E-state index in [1.54, 1.807) is 4.90 Å². The fraction of sp³-hybridized carbons (Fsp3) is 0.474. The van der Waals surface area contributed by atoms with E-state index in [0.717, 1.165) is 37.1 Å². The number of aliphatic hydroxyl groups is 1. The average Bonchev–Trinajstić information content (AvgIpc) is 3.45. The molecular formula is C19H23F3N2O4S. The molecule has 0 bridgehead atoms. The first kappa shape index (κ1) is 21.7. The van der Waals surface area contributed by atoms with Gasteiger partial charge in [0.25, 0.3) is 0 Å². The van der Waals surface area contributed by atoms with Gasteiger partial charge in [0.1, 0.15) is 0 Å². The van der Waals surface area contributed by atoms with Crippen LogP contribution in [0.3, 0.4) is 0 Å². The maximum atomic E-state index is 12.8. The summed E-state index contributed by atoms with van der Waals surface area (Å²) in [5.41, 5.74) is 5.19. The van der Waals surface area contributed by atoms with Gasteiger partial charge in [0.05, 0.1) is 34.6 Å². The van der Waals surface area contributed by atoms with E-state index in [-0.39, 0.29) is 35.2 Å². The van der Waals surface area contributed by atoms with Gasteiger partial charge in [0.15, 0.2) is 0 Å². The second kappa shape index (κ2) is 8.37. The van der Waals surface area contributed by atoms with Crippen LogP contribution in [0.15, 0.2) is 52.0 Å². The highest BCUT2D eigenvalue weighted by molar-refractivity contribution is 7.95. The van der Waals surface area contributed by atoms with E-state index in [4.69, 9.17) is 10.5 Å². The first-order valence-electron chi connectivity index (χ1n) is 9.16. The van der Waals surface area contributed by atoms with E-state index < -0.39 is 27.7 Å². The molecule has 160 valence electrons. The predicted molar refractivity (Wildman–Crippen MR) is 100 cm³/mol. The first-order chi connectivity index (χ1) is 13.6. The molecule has 0 spiro atoms. The highest BCUT2D eigenvalue weighted by atomic mass is 32.2. The van der Waals surface area contributed by atoms with Crippen molar-refractivity contribution < 1.29 is 31.4 Å². The summed E-state index contributed by atoms with van der Waals surface area (Å²) < 4.78 is 69.2. The number of nitrogens with zero attached hydrogens (tertiary/aromatic N) is 1. The molecule has 29 heavy (non-hydrogen) atoms. The van der Waals surface area contributed by atoms with Gasteiger partial charge in [-0.25, -0.2) is 8.42 Å². The lowest BCUT2D eigenvalue weighted by Crippen LogP contribution is -2.36. The van der Waals surface area contributed by atoms with Crippen molar-refractivity contribution in [1.29, 1.82) is 0 Å². The largest absolute Gasteiger partial charge is 0.416 e. The molecule has 6 nitrogen and oxygen atoms in total. The molecule has 10 heteroatoms. The molecule has 0 amide bonds. The van der Waals surface area contributed by atoms with Gasteiger partial charge >= 0.3 is 6.18 Å². The molecule has 1 heterocycles. The van der Waals surface area contributed by atoms with E-state index in [2.05, 4.69) is 0 Å². The van der Waals surface area contributed by atoms with Gasteiger partial charge < -0.3 is 20.5 Å². The second-order valence-electron chi connectivity index (χ2n) is 7.34. The minimum Gasteiger partial charge on any atom is -0.401 e. The molecule has 3 N–H and O–H groups in total. The van der Waals surface area contributed by atoms with Crippen LogP contribution in [0.1, 0.15) is 18.4 Å². The van der Waals surface area contributed by atoms with E-state index in [1.807, 2.05) is 0 Å². The first-order valence-corrected chi connectivity index (χ1v) is 10.6. The van der Waals surface area contributed by atoms with Crippen molar-refractivity contribution in [3.63, 3.8) is 0 Å². The summed E-state index contributed by atoms with van der Waals surface area (Å²) in [5, 5.41) is 10.1. The standard InChI is InChI=1S/C19H23F3N2O4S/c20-19(21,22)14-3-5-17(6-4-14)29(26,27)18-7-15(23)8-24(10-18)9-16(25)12-28-11-13-1-2-13/h3-7,10,13,16,25H,1-2,8-9,11-12,23H2. The van der Waals surface area contributed by atoms with Crippen molar-refractivity contribution in [1.82, 2.24) is 4.90 Å². The molecule has 0 radical (unpaired) electrons. The van der Waals surface area contributed by atoms with Crippen LogP contribution in [-0.2, 0) is 20.8 Å². The number of rotatable bonds is 8. The van der Waals surface area contributed by atoms with Crippen molar-refractivity contribution in [2.24, 2.45) is 11.7 Å². The maximum Gasteiger partial charge on any atom is 0.416 e. The molecule has 1 aromatic carbocycles. The summed E-state index contributed by atoms with van der Waals surface area (Å²) >= 11 is 0. The topological polar surface area (TPSA) is 92.9 Å². The number of sulfone groups is 1. The smallest absolute Gasteiger partial charge is 0.401 e. The summed E-state index contributed by atoms with van der Waals surface area (Å²) in [4.78, 5) is 1.14. The average molecular weight is 432 g/mol. The van der Waals surface area contributed by atoms with Gasteiger partial charge in [-0.15, -0.1) is 0 Å². The number of β-amino-alcohol motifs (C(OH)–C–C–N with tert-alkyl or cyclic N) is 1. The zero-order valence-corrected chi connectivity index (χ0v) is 16.4. The van der Waals surface area contributed by atoms with Crippen LogP contribution in [0.25, 0.3) is 0 Å². The third-order valence-electron chi connectivity index (χ3n) is 4.63. The van der Waals surface area contributed by atoms with E-state index >= 15 is 0 Å². The van der Waals surface area contributed by atoms with Crippen LogP contribution >= 0.6 is 0 Å². The number of hydrogen-bond donors (Lipinski definition) is 2. The quantitative estimate of drug-likeness (QED) is 0.655. The zero-order valence-electron chi connectivity index (χ0n) is 15.6. The fourth-order valence-corrected chi connectivity index (χ4v) is 4.29. The second-order valence-corrected chi connectivity index (χ2v) is 9.29. The lowest BCUT2D eigenvalue weighted by Gasteiger charge is -2.27. The Morgan fingerprint density at radius 2 is 1.90 bits per heavy atom. The SMILES string of the molecule is NC1=CC(S(=O)(=O)c2ccc(C(F)(F)F)cc2)=CN(CC(O)COCC2CC2)C1. The molecule has 3 rings (SSSR count). The van der Waals surface area contributed by atoms with E-state index in [9.17, 15) is 26.7 Å². The summed E-state index contributed by atoms with van der Waals surface area (Å²) in [6, 6.07) is 3.29. The Balaban J connectivity index is 1.70. The Bertz CT molecular complexity index is 891. The van der Waals surface area contributed by atoms with Gasteiger partial charge in [-0.1, -0.05) is 0 Å². The van der Waals surface area contributed by atoms with Crippen LogP contribution in [-0.4, -0.2) is 50.8 Å². The number of allylic oxidation sites excluding steroid dienone is 1. The Labute approximate surface area is 167 Å². The van der Waals surface area contributed by atoms with Crippen LogP contribution in [0.2, 0.25) is 0 Å². The number of alkyl halides is 3. The molecule has 1 saturated carbocycles. The lowest BCUT2D eigenvalue weighted by atomic mass is 10.2. The van der Waals surface area contributed by atoms with Crippen molar-refractivity contribution >= 4 is 9.84 Å². The lowest BCUT2D eigenvalue weighted by molar-refractivity contribution is -0.137. The molecule has 1 aromatic rings. The van der Waals surface area contributed by atoms with Crippen molar-refractivity contribution in [2.75, 3.05) is 26.3 Å². The summed E-state index contributed by atoms with van der Waals surface area (Å²) in [6.45, 7) is 1.07. The van der Waals surface area contributed by atoms with Crippen LogP contribution in [0.4, 0.5) is 13.2 Å². The van der Waals surface area contributed by atoms with Crippen molar-refractivity contribution in [3.8, 4) is 0 Å². The zero-order chi connectivity index (χ0) is 21.2. The predicted octanol–water partition coefficient (Wildman–Crippen LogP) is 2.27. The molecule has 0 aromatic heterocycles. The fourth-order valence-electron chi connectivity index (χ4n) is 2.93. The molecule has 0 saturated heterocycles. The van der Waals surface area contributed by atoms with Crippen LogP contribution < -0.4 is 5.73 Å². The number of aliphatic hydroxyl groups excluding tert-OH is 1. The highest BCUT2D eigenvalue weighted by Gasteiger charge is 2.31. The van der Waals surface area contributed by atoms with E-state index in [0.29, 0.717) is 12.5 Å². The van der Waals surface area contributed by atoms with Gasteiger partial charge in [0.2, 0.25) is 9.84 Å². The molecule has 1 atom stereocenters. The molecule has 1 fully saturated rings.